The zero-order valence-corrected chi connectivity index (χ0v) is 14.4. The lowest BCUT2D eigenvalue weighted by Gasteiger charge is -2.20. The molecule has 0 radical (unpaired) electrons. The number of sulfonamides is 1. The SMILES string of the molecule is CS(=O)(=O)N(CCC(=O)Nc1cccc(F)c1)Cc1ccccc1F. The van der Waals surface area contributed by atoms with Gasteiger partial charge in [0.05, 0.1) is 6.26 Å². The van der Waals surface area contributed by atoms with Crippen molar-refractivity contribution in [1.29, 1.82) is 0 Å². The minimum atomic E-state index is -3.63. The van der Waals surface area contributed by atoms with Gasteiger partial charge in [-0.3, -0.25) is 4.79 Å². The number of rotatable bonds is 7. The van der Waals surface area contributed by atoms with Crippen LogP contribution in [0.15, 0.2) is 48.5 Å². The van der Waals surface area contributed by atoms with E-state index in [1.54, 1.807) is 6.07 Å². The summed E-state index contributed by atoms with van der Waals surface area (Å²) in [4.78, 5) is 11.9. The molecule has 0 fully saturated rings. The van der Waals surface area contributed by atoms with Crippen LogP contribution in [0.2, 0.25) is 0 Å². The van der Waals surface area contributed by atoms with Gasteiger partial charge in [-0.25, -0.2) is 17.2 Å². The van der Waals surface area contributed by atoms with Crippen LogP contribution in [0.5, 0.6) is 0 Å². The van der Waals surface area contributed by atoms with Crippen molar-refractivity contribution in [2.75, 3.05) is 18.1 Å². The summed E-state index contributed by atoms with van der Waals surface area (Å²) in [6.45, 7) is -0.285. The summed E-state index contributed by atoms with van der Waals surface area (Å²) >= 11 is 0. The van der Waals surface area contributed by atoms with Crippen LogP contribution in [0.4, 0.5) is 14.5 Å². The summed E-state index contributed by atoms with van der Waals surface area (Å²) in [5.74, 6) is -1.47. The maximum absolute atomic E-state index is 13.7. The number of anilines is 1. The smallest absolute Gasteiger partial charge is 0.225 e. The maximum Gasteiger partial charge on any atom is 0.225 e. The van der Waals surface area contributed by atoms with E-state index in [0.717, 1.165) is 16.6 Å². The molecule has 0 aliphatic rings. The molecule has 0 bridgehead atoms. The summed E-state index contributed by atoms with van der Waals surface area (Å²) in [7, 11) is -3.63. The Balaban J connectivity index is 2.01. The Bertz CT molecular complexity index is 856. The molecule has 0 heterocycles. The molecule has 0 unspecified atom stereocenters. The predicted molar refractivity (Wildman–Crippen MR) is 91.3 cm³/mol. The van der Waals surface area contributed by atoms with Gasteiger partial charge in [0.2, 0.25) is 15.9 Å². The molecular weight excluding hydrogens is 350 g/mol. The fourth-order valence-electron chi connectivity index (χ4n) is 2.19. The van der Waals surface area contributed by atoms with Crippen LogP contribution >= 0.6 is 0 Å². The van der Waals surface area contributed by atoms with E-state index in [4.69, 9.17) is 0 Å². The van der Waals surface area contributed by atoms with Crippen molar-refractivity contribution in [1.82, 2.24) is 4.31 Å². The molecule has 8 heteroatoms. The lowest BCUT2D eigenvalue weighted by Crippen LogP contribution is -2.32. The lowest BCUT2D eigenvalue weighted by molar-refractivity contribution is -0.116. The van der Waals surface area contributed by atoms with E-state index < -0.39 is 27.6 Å². The number of halogens is 2. The van der Waals surface area contributed by atoms with Crippen molar-refractivity contribution in [2.45, 2.75) is 13.0 Å². The van der Waals surface area contributed by atoms with Crippen molar-refractivity contribution in [3.63, 3.8) is 0 Å². The van der Waals surface area contributed by atoms with E-state index in [0.29, 0.717) is 0 Å². The molecule has 134 valence electrons. The monoisotopic (exact) mass is 368 g/mol. The van der Waals surface area contributed by atoms with Gasteiger partial charge in [0.1, 0.15) is 11.6 Å². The van der Waals surface area contributed by atoms with E-state index >= 15 is 0 Å². The fourth-order valence-corrected chi connectivity index (χ4v) is 2.99. The molecule has 0 aliphatic heterocycles. The first-order valence-corrected chi connectivity index (χ1v) is 9.34. The van der Waals surface area contributed by atoms with Crippen LogP contribution in [0.3, 0.4) is 0 Å². The summed E-state index contributed by atoms with van der Waals surface area (Å²) in [5, 5.41) is 2.49. The molecule has 2 aromatic rings. The van der Waals surface area contributed by atoms with Crippen molar-refractivity contribution >= 4 is 21.6 Å². The Morgan fingerprint density at radius 2 is 1.84 bits per heavy atom. The van der Waals surface area contributed by atoms with Gasteiger partial charge in [0.15, 0.2) is 0 Å². The van der Waals surface area contributed by atoms with Crippen LogP contribution in [0.1, 0.15) is 12.0 Å². The van der Waals surface area contributed by atoms with Crippen LogP contribution in [0, 0.1) is 11.6 Å². The third-order valence-corrected chi connectivity index (χ3v) is 4.72. The molecule has 25 heavy (non-hydrogen) atoms. The zero-order valence-electron chi connectivity index (χ0n) is 13.6. The molecular formula is C17H18F2N2O3S. The van der Waals surface area contributed by atoms with E-state index in [1.165, 1.54) is 36.4 Å². The zero-order chi connectivity index (χ0) is 18.4. The van der Waals surface area contributed by atoms with Crippen molar-refractivity contribution < 1.29 is 22.0 Å². The molecule has 0 atom stereocenters. The number of nitrogens with zero attached hydrogens (tertiary/aromatic N) is 1. The number of hydrogen-bond donors (Lipinski definition) is 1. The van der Waals surface area contributed by atoms with E-state index in [1.807, 2.05) is 0 Å². The molecule has 1 N–H and O–H groups in total. The van der Waals surface area contributed by atoms with E-state index in [9.17, 15) is 22.0 Å². The highest BCUT2D eigenvalue weighted by atomic mass is 32.2. The minimum absolute atomic E-state index is 0.117. The topological polar surface area (TPSA) is 66.5 Å². The number of benzene rings is 2. The molecule has 0 aliphatic carbocycles. The van der Waals surface area contributed by atoms with Crippen LogP contribution in [-0.4, -0.2) is 31.4 Å². The van der Waals surface area contributed by atoms with Gasteiger partial charge in [-0.05, 0) is 24.3 Å². The second-order valence-electron chi connectivity index (χ2n) is 5.50. The Morgan fingerprint density at radius 3 is 2.48 bits per heavy atom. The maximum atomic E-state index is 13.7. The Labute approximate surface area is 145 Å². The quantitative estimate of drug-likeness (QED) is 0.817. The average molecular weight is 368 g/mol. The number of hydrogen-bond acceptors (Lipinski definition) is 3. The molecule has 0 saturated heterocycles. The second kappa shape index (κ2) is 8.17. The second-order valence-corrected chi connectivity index (χ2v) is 7.48. The first-order chi connectivity index (χ1) is 11.8. The number of carbonyl (C=O) groups is 1. The summed E-state index contributed by atoms with van der Waals surface area (Å²) in [5.41, 5.74) is 0.503. The fraction of sp³-hybridized carbons (Fsp3) is 0.235. The number of amides is 1. The Kier molecular flexibility index (Phi) is 6.22. The predicted octanol–water partition coefficient (Wildman–Crippen LogP) is 2.76. The summed E-state index contributed by atoms with van der Waals surface area (Å²) in [6.07, 6.45) is 0.857. The Hall–Kier alpha value is -2.32. The summed E-state index contributed by atoms with van der Waals surface area (Å²) < 4.78 is 51.6. The first-order valence-electron chi connectivity index (χ1n) is 7.49. The van der Waals surface area contributed by atoms with Gasteiger partial charge >= 0.3 is 0 Å². The third kappa shape index (κ3) is 5.91. The highest BCUT2D eigenvalue weighted by Gasteiger charge is 2.19. The standard InChI is InChI=1S/C17H18F2N2O3S/c1-25(23,24)21(12-13-5-2-3-8-16(13)19)10-9-17(22)20-15-7-4-6-14(18)11-15/h2-8,11H,9-10,12H2,1H3,(H,20,22). The normalized spacial score (nSPS) is 11.5. The molecule has 2 rings (SSSR count). The van der Waals surface area contributed by atoms with Gasteiger partial charge in [-0.2, -0.15) is 4.31 Å². The van der Waals surface area contributed by atoms with Gasteiger partial charge < -0.3 is 5.32 Å². The number of carbonyl (C=O) groups excluding carboxylic acids is 1. The Morgan fingerprint density at radius 1 is 1.12 bits per heavy atom. The third-order valence-electron chi connectivity index (χ3n) is 3.47. The highest BCUT2D eigenvalue weighted by Crippen LogP contribution is 2.14. The molecule has 0 spiro atoms. The van der Waals surface area contributed by atoms with E-state index in [-0.39, 0.29) is 30.8 Å². The van der Waals surface area contributed by atoms with Gasteiger partial charge in [0.25, 0.3) is 0 Å². The lowest BCUT2D eigenvalue weighted by atomic mass is 10.2. The largest absolute Gasteiger partial charge is 0.326 e. The van der Waals surface area contributed by atoms with Crippen molar-refractivity contribution in [3.05, 3.63) is 65.7 Å². The molecule has 0 aromatic heterocycles. The van der Waals surface area contributed by atoms with Crippen LogP contribution < -0.4 is 5.32 Å². The van der Waals surface area contributed by atoms with Crippen molar-refractivity contribution in [3.8, 4) is 0 Å². The van der Waals surface area contributed by atoms with Crippen LogP contribution in [0.25, 0.3) is 0 Å². The molecule has 0 saturated carbocycles. The van der Waals surface area contributed by atoms with E-state index in [2.05, 4.69) is 5.32 Å². The van der Waals surface area contributed by atoms with Crippen molar-refractivity contribution in [2.24, 2.45) is 0 Å². The molecule has 2 aromatic carbocycles. The molecule has 5 nitrogen and oxygen atoms in total. The van der Waals surface area contributed by atoms with Gasteiger partial charge in [-0.1, -0.05) is 24.3 Å². The van der Waals surface area contributed by atoms with Gasteiger partial charge in [-0.15, -0.1) is 0 Å². The first kappa shape index (κ1) is 19.0. The summed E-state index contributed by atoms with van der Waals surface area (Å²) in [6, 6.07) is 11.2. The highest BCUT2D eigenvalue weighted by molar-refractivity contribution is 7.88. The minimum Gasteiger partial charge on any atom is -0.326 e. The van der Waals surface area contributed by atoms with Gasteiger partial charge in [0, 0.05) is 30.8 Å². The molecule has 1 amide bonds. The average Bonchev–Trinajstić information content (AvgIpc) is 2.52. The number of nitrogens with one attached hydrogen (secondary N) is 1. The van der Waals surface area contributed by atoms with Crippen LogP contribution in [-0.2, 0) is 21.4 Å².